The summed E-state index contributed by atoms with van der Waals surface area (Å²) in [7, 11) is -0.594. The van der Waals surface area contributed by atoms with Crippen LogP contribution in [0.3, 0.4) is 0 Å². The van der Waals surface area contributed by atoms with Gasteiger partial charge in [0.25, 0.3) is 0 Å². The summed E-state index contributed by atoms with van der Waals surface area (Å²) in [5.74, 6) is 0.516. The molecule has 0 N–H and O–H groups in total. The van der Waals surface area contributed by atoms with Gasteiger partial charge >= 0.3 is 7.60 Å². The second kappa shape index (κ2) is 5.84. The molecule has 0 amide bonds. The Bertz CT molecular complexity index is 591. The lowest BCUT2D eigenvalue weighted by Gasteiger charge is -2.10. The van der Waals surface area contributed by atoms with Crippen LogP contribution in [0.1, 0.15) is 5.89 Å². The first kappa shape index (κ1) is 14.2. The van der Waals surface area contributed by atoms with E-state index >= 15 is 0 Å². The Balaban J connectivity index is 2.20. The molecule has 2 rings (SSSR count). The summed E-state index contributed by atoms with van der Waals surface area (Å²) in [5, 5.41) is 8.31. The molecule has 0 unspecified atom stereocenters. The fraction of sp³-hybridized carbons (Fsp3) is 0.273. The molecule has 0 aliphatic heterocycles. The Labute approximate surface area is 115 Å². The van der Waals surface area contributed by atoms with Crippen molar-refractivity contribution in [3.63, 3.8) is 0 Å². The lowest BCUT2D eigenvalue weighted by atomic mass is 10.2. The van der Waals surface area contributed by atoms with Crippen molar-refractivity contribution in [1.29, 1.82) is 0 Å². The normalized spacial score (nSPS) is 11.7. The molecule has 0 aliphatic rings. The average Bonchev–Trinajstić information content (AvgIpc) is 2.87. The van der Waals surface area contributed by atoms with Gasteiger partial charge in [-0.2, -0.15) is 0 Å². The van der Waals surface area contributed by atoms with Crippen LogP contribution in [0.15, 0.2) is 28.7 Å². The van der Waals surface area contributed by atoms with Crippen LogP contribution in [0.25, 0.3) is 11.5 Å². The highest BCUT2D eigenvalue weighted by Crippen LogP contribution is 2.49. The number of benzene rings is 1. The first-order chi connectivity index (χ1) is 9.06. The fourth-order valence-corrected chi connectivity index (χ4v) is 2.39. The van der Waals surface area contributed by atoms with Crippen LogP contribution in [-0.2, 0) is 19.8 Å². The Kier molecular flexibility index (Phi) is 4.37. The Hall–Kier alpha value is -1.20. The van der Waals surface area contributed by atoms with Gasteiger partial charge in [-0.3, -0.25) is 4.57 Å². The van der Waals surface area contributed by atoms with E-state index in [2.05, 4.69) is 10.2 Å². The topological polar surface area (TPSA) is 74.5 Å². The lowest BCUT2D eigenvalue weighted by molar-refractivity contribution is 0.271. The van der Waals surface area contributed by atoms with Gasteiger partial charge in [-0.1, -0.05) is 11.6 Å². The van der Waals surface area contributed by atoms with E-state index in [1.165, 1.54) is 14.2 Å². The number of hydrogen-bond donors (Lipinski definition) is 0. The minimum absolute atomic E-state index is 0.0689. The van der Waals surface area contributed by atoms with E-state index in [0.29, 0.717) is 10.9 Å². The molecule has 19 heavy (non-hydrogen) atoms. The van der Waals surface area contributed by atoms with Crippen molar-refractivity contribution in [2.45, 2.75) is 6.16 Å². The minimum atomic E-state index is -3.21. The molecular weight excluding hydrogens is 291 g/mol. The van der Waals surface area contributed by atoms with E-state index < -0.39 is 7.60 Å². The van der Waals surface area contributed by atoms with Gasteiger partial charge in [0.15, 0.2) is 0 Å². The molecule has 1 aromatic heterocycles. The molecule has 2 aromatic rings. The second-order valence-corrected chi connectivity index (χ2v) is 6.35. The smallest absolute Gasteiger partial charge is 0.339 e. The van der Waals surface area contributed by atoms with Gasteiger partial charge in [-0.25, -0.2) is 0 Å². The van der Waals surface area contributed by atoms with E-state index in [1.54, 1.807) is 24.3 Å². The molecule has 0 radical (unpaired) electrons. The molecule has 1 heterocycles. The molecule has 8 heteroatoms. The summed E-state index contributed by atoms with van der Waals surface area (Å²) in [4.78, 5) is 0. The van der Waals surface area contributed by atoms with Crippen molar-refractivity contribution in [3.8, 4) is 11.5 Å². The lowest BCUT2D eigenvalue weighted by Crippen LogP contribution is -1.93. The zero-order valence-corrected chi connectivity index (χ0v) is 12.0. The van der Waals surface area contributed by atoms with Crippen LogP contribution < -0.4 is 0 Å². The monoisotopic (exact) mass is 302 g/mol. The van der Waals surface area contributed by atoms with Crippen LogP contribution in [0, 0.1) is 0 Å². The van der Waals surface area contributed by atoms with E-state index in [-0.39, 0.29) is 12.1 Å². The van der Waals surface area contributed by atoms with Crippen LogP contribution >= 0.6 is 19.2 Å². The van der Waals surface area contributed by atoms with Crippen molar-refractivity contribution in [2.24, 2.45) is 0 Å². The molecule has 1 aromatic carbocycles. The van der Waals surface area contributed by atoms with E-state index in [0.717, 1.165) is 5.56 Å². The van der Waals surface area contributed by atoms with Crippen molar-refractivity contribution in [1.82, 2.24) is 10.2 Å². The van der Waals surface area contributed by atoms with Crippen molar-refractivity contribution in [2.75, 3.05) is 14.2 Å². The van der Waals surface area contributed by atoms with E-state index in [1.807, 2.05) is 0 Å². The van der Waals surface area contributed by atoms with Crippen LogP contribution in [-0.4, -0.2) is 24.4 Å². The molecule has 6 nitrogen and oxygen atoms in total. The highest BCUT2D eigenvalue weighted by molar-refractivity contribution is 7.52. The van der Waals surface area contributed by atoms with Crippen LogP contribution in [0.4, 0.5) is 0 Å². The SMILES string of the molecule is COP(=O)(Cc1nnc(-c2ccc(Cl)cc2)o1)OC. The summed E-state index contributed by atoms with van der Waals surface area (Å²) in [6, 6.07) is 6.95. The fourth-order valence-electron chi connectivity index (χ4n) is 1.40. The maximum Gasteiger partial charge on any atom is 0.339 e. The van der Waals surface area contributed by atoms with Crippen LogP contribution in [0.2, 0.25) is 5.02 Å². The summed E-state index contributed by atoms with van der Waals surface area (Å²) in [6.07, 6.45) is -0.0689. The van der Waals surface area contributed by atoms with Gasteiger partial charge < -0.3 is 13.5 Å². The summed E-state index contributed by atoms with van der Waals surface area (Å²) in [5.41, 5.74) is 0.729. The molecule has 0 saturated carbocycles. The Morgan fingerprint density at radius 1 is 1.21 bits per heavy atom. The van der Waals surface area contributed by atoms with Gasteiger partial charge in [0.05, 0.1) is 0 Å². The standard InChI is InChI=1S/C11H12ClN2O4P/c1-16-19(15,17-2)7-10-13-14-11(18-10)8-3-5-9(12)6-4-8/h3-6H,7H2,1-2H3. The quantitative estimate of drug-likeness (QED) is 0.788. The van der Waals surface area contributed by atoms with E-state index in [9.17, 15) is 4.57 Å². The summed E-state index contributed by atoms with van der Waals surface area (Å²) < 4.78 is 27.0. The van der Waals surface area contributed by atoms with Crippen LogP contribution in [0.5, 0.6) is 0 Å². The maximum atomic E-state index is 11.9. The maximum absolute atomic E-state index is 11.9. The number of hydrogen-bond acceptors (Lipinski definition) is 6. The molecule has 0 fully saturated rings. The third-order valence-corrected chi connectivity index (χ3v) is 4.47. The largest absolute Gasteiger partial charge is 0.420 e. The number of aromatic nitrogens is 2. The predicted octanol–water partition coefficient (Wildman–Crippen LogP) is 3.38. The van der Waals surface area contributed by atoms with Gasteiger partial charge in [0.1, 0.15) is 6.16 Å². The number of halogens is 1. The zero-order chi connectivity index (χ0) is 13.9. The first-order valence-corrected chi connectivity index (χ1v) is 7.46. The first-order valence-electron chi connectivity index (χ1n) is 5.35. The third kappa shape index (κ3) is 3.42. The summed E-state index contributed by atoms with van der Waals surface area (Å²) >= 11 is 5.79. The Morgan fingerprint density at radius 2 is 1.84 bits per heavy atom. The molecule has 0 saturated heterocycles. The predicted molar refractivity (Wildman–Crippen MR) is 70.1 cm³/mol. The number of nitrogens with zero attached hydrogens (tertiary/aromatic N) is 2. The molecule has 0 bridgehead atoms. The second-order valence-electron chi connectivity index (χ2n) is 3.64. The third-order valence-electron chi connectivity index (χ3n) is 2.44. The highest BCUT2D eigenvalue weighted by Gasteiger charge is 2.25. The molecule has 102 valence electrons. The van der Waals surface area contributed by atoms with Crippen molar-refractivity contribution >= 4 is 19.2 Å². The van der Waals surface area contributed by atoms with Gasteiger partial charge in [-0.15, -0.1) is 10.2 Å². The highest BCUT2D eigenvalue weighted by atomic mass is 35.5. The van der Waals surface area contributed by atoms with Gasteiger partial charge in [0.2, 0.25) is 11.8 Å². The van der Waals surface area contributed by atoms with E-state index in [4.69, 9.17) is 25.1 Å². The molecular formula is C11H12ClN2O4P. The zero-order valence-electron chi connectivity index (χ0n) is 10.4. The summed E-state index contributed by atoms with van der Waals surface area (Å²) in [6.45, 7) is 0. The molecule has 0 aliphatic carbocycles. The van der Waals surface area contributed by atoms with Crippen molar-refractivity contribution in [3.05, 3.63) is 35.2 Å². The minimum Gasteiger partial charge on any atom is -0.420 e. The molecule has 0 spiro atoms. The van der Waals surface area contributed by atoms with Gasteiger partial charge in [-0.05, 0) is 24.3 Å². The number of rotatable bonds is 5. The van der Waals surface area contributed by atoms with Crippen molar-refractivity contribution < 1.29 is 18.0 Å². The Morgan fingerprint density at radius 3 is 2.42 bits per heavy atom. The molecule has 0 atom stereocenters. The average molecular weight is 303 g/mol. The van der Waals surface area contributed by atoms with Gasteiger partial charge in [0, 0.05) is 24.8 Å².